The number of amides is 1. The Morgan fingerprint density at radius 3 is 2.10 bits per heavy atom. The predicted molar refractivity (Wildman–Crippen MR) is 108 cm³/mol. The van der Waals surface area contributed by atoms with Crippen molar-refractivity contribution in [3.8, 4) is 17.2 Å². The Morgan fingerprint density at radius 2 is 1.59 bits per heavy atom. The maximum Gasteiger partial charge on any atom is 0.251 e. The molecule has 0 aliphatic carbocycles. The fourth-order valence-corrected chi connectivity index (χ4v) is 4.19. The molecule has 1 aliphatic heterocycles. The molecule has 1 amide bonds. The maximum atomic E-state index is 12.6. The van der Waals surface area contributed by atoms with E-state index >= 15 is 0 Å². The van der Waals surface area contributed by atoms with Crippen LogP contribution in [0.25, 0.3) is 0 Å². The number of ether oxygens (including phenoxy) is 4. The van der Waals surface area contributed by atoms with Gasteiger partial charge in [-0.25, -0.2) is 8.42 Å². The molecule has 1 heterocycles. The zero-order valence-electron chi connectivity index (χ0n) is 17.2. The molecule has 164 valence electrons. The number of carbonyl (C=O) groups is 1. The second-order valence-electron chi connectivity index (χ2n) is 6.18. The van der Waals surface area contributed by atoms with Crippen LogP contribution >= 0.6 is 0 Å². The van der Waals surface area contributed by atoms with Crippen molar-refractivity contribution in [1.29, 1.82) is 0 Å². The van der Waals surface area contributed by atoms with E-state index in [4.69, 9.17) is 18.9 Å². The highest BCUT2D eigenvalue weighted by Crippen LogP contribution is 2.39. The summed E-state index contributed by atoms with van der Waals surface area (Å²) in [5.74, 6) is 0.680. The molecule has 1 fully saturated rings. The minimum Gasteiger partial charge on any atom is -0.490 e. The molecule has 0 radical (unpaired) electrons. The van der Waals surface area contributed by atoms with Crippen LogP contribution in [0.2, 0.25) is 0 Å². The van der Waals surface area contributed by atoms with Crippen molar-refractivity contribution in [1.82, 2.24) is 9.62 Å². The summed E-state index contributed by atoms with van der Waals surface area (Å²) >= 11 is 0. The molecule has 9 nitrogen and oxygen atoms in total. The van der Waals surface area contributed by atoms with Gasteiger partial charge in [-0.3, -0.25) is 4.79 Å². The molecule has 0 bridgehead atoms. The van der Waals surface area contributed by atoms with E-state index < -0.39 is 15.9 Å². The van der Waals surface area contributed by atoms with Crippen molar-refractivity contribution in [3.05, 3.63) is 17.7 Å². The van der Waals surface area contributed by atoms with Crippen molar-refractivity contribution in [2.45, 2.75) is 20.8 Å². The first-order valence-electron chi connectivity index (χ1n) is 9.83. The van der Waals surface area contributed by atoms with Crippen LogP contribution in [0.5, 0.6) is 17.2 Å². The van der Waals surface area contributed by atoms with Gasteiger partial charge in [-0.2, -0.15) is 4.31 Å². The molecular weight excluding hydrogens is 400 g/mol. The van der Waals surface area contributed by atoms with Gasteiger partial charge in [0.2, 0.25) is 15.8 Å². The fraction of sp³-hybridized carbons (Fsp3) is 0.632. The van der Waals surface area contributed by atoms with Gasteiger partial charge in [0.05, 0.1) is 38.8 Å². The van der Waals surface area contributed by atoms with Crippen LogP contribution in [-0.2, 0) is 14.8 Å². The molecule has 10 heteroatoms. The number of hydrogen-bond acceptors (Lipinski definition) is 7. The smallest absolute Gasteiger partial charge is 0.251 e. The molecule has 0 unspecified atom stereocenters. The van der Waals surface area contributed by atoms with Gasteiger partial charge in [-0.15, -0.1) is 0 Å². The topological polar surface area (TPSA) is 103 Å². The molecule has 1 aromatic rings. The third-order valence-electron chi connectivity index (χ3n) is 4.18. The second-order valence-corrected chi connectivity index (χ2v) is 8.27. The molecule has 0 atom stereocenters. The first kappa shape index (κ1) is 23.2. The van der Waals surface area contributed by atoms with Crippen molar-refractivity contribution in [3.63, 3.8) is 0 Å². The second kappa shape index (κ2) is 11.2. The van der Waals surface area contributed by atoms with Gasteiger partial charge >= 0.3 is 0 Å². The lowest BCUT2D eigenvalue weighted by Gasteiger charge is -2.26. The summed E-state index contributed by atoms with van der Waals surface area (Å²) in [6.07, 6.45) is 0. The summed E-state index contributed by atoms with van der Waals surface area (Å²) in [6, 6.07) is 3.14. The highest BCUT2D eigenvalue weighted by Gasteiger charge is 2.24. The Bertz CT molecular complexity index is 750. The number of carbonyl (C=O) groups excluding carboxylic acids is 1. The Labute approximate surface area is 172 Å². The van der Waals surface area contributed by atoms with Gasteiger partial charge in [-0.05, 0) is 32.9 Å². The zero-order valence-corrected chi connectivity index (χ0v) is 18.0. The van der Waals surface area contributed by atoms with Crippen LogP contribution < -0.4 is 19.5 Å². The number of nitrogens with zero attached hydrogens (tertiary/aromatic N) is 1. The van der Waals surface area contributed by atoms with Crippen LogP contribution in [-0.4, -0.2) is 77.1 Å². The predicted octanol–water partition coefficient (Wildman–Crippen LogP) is 1.27. The molecule has 1 saturated heterocycles. The standard InChI is InChI=1S/C19H30N2O7S/c1-4-26-16-13-15(14-17(27-5-2)18(16)28-6-3)19(22)20-7-12-29(23,24)21-8-10-25-11-9-21/h13-14H,4-12H2,1-3H3,(H,20,22). The Balaban J connectivity index is 2.08. The van der Waals surface area contributed by atoms with E-state index in [-0.39, 0.29) is 12.3 Å². The highest BCUT2D eigenvalue weighted by atomic mass is 32.2. The summed E-state index contributed by atoms with van der Waals surface area (Å²) < 4.78 is 48.1. The first-order valence-corrected chi connectivity index (χ1v) is 11.4. The number of nitrogens with one attached hydrogen (secondary N) is 1. The van der Waals surface area contributed by atoms with E-state index in [0.29, 0.717) is 68.9 Å². The van der Waals surface area contributed by atoms with E-state index in [1.165, 1.54) is 4.31 Å². The van der Waals surface area contributed by atoms with Gasteiger partial charge in [-0.1, -0.05) is 0 Å². The minimum absolute atomic E-state index is 0.000326. The normalized spacial score (nSPS) is 15.0. The third-order valence-corrected chi connectivity index (χ3v) is 6.05. The zero-order chi connectivity index (χ0) is 21.3. The molecular formula is C19H30N2O7S. The van der Waals surface area contributed by atoms with E-state index in [1.807, 2.05) is 20.8 Å². The Kier molecular flexibility index (Phi) is 8.99. The Morgan fingerprint density at radius 1 is 1.03 bits per heavy atom. The van der Waals surface area contributed by atoms with Crippen LogP contribution in [0.1, 0.15) is 31.1 Å². The van der Waals surface area contributed by atoms with E-state index in [0.717, 1.165) is 0 Å². The van der Waals surface area contributed by atoms with Crippen molar-refractivity contribution >= 4 is 15.9 Å². The van der Waals surface area contributed by atoms with Crippen LogP contribution in [0.4, 0.5) is 0 Å². The average Bonchev–Trinajstić information content (AvgIpc) is 2.71. The lowest BCUT2D eigenvalue weighted by Crippen LogP contribution is -2.43. The summed E-state index contributed by atoms with van der Waals surface area (Å²) in [4.78, 5) is 12.6. The van der Waals surface area contributed by atoms with E-state index in [1.54, 1.807) is 12.1 Å². The molecule has 29 heavy (non-hydrogen) atoms. The number of rotatable bonds is 11. The number of morpholine rings is 1. The molecule has 2 rings (SSSR count). The van der Waals surface area contributed by atoms with Crippen LogP contribution in [0.3, 0.4) is 0 Å². The molecule has 1 aromatic carbocycles. The van der Waals surface area contributed by atoms with E-state index in [9.17, 15) is 13.2 Å². The van der Waals surface area contributed by atoms with Crippen LogP contribution in [0.15, 0.2) is 12.1 Å². The molecule has 1 aliphatic rings. The summed E-state index contributed by atoms with van der Waals surface area (Å²) in [5.41, 5.74) is 0.309. The largest absolute Gasteiger partial charge is 0.490 e. The molecule has 0 aromatic heterocycles. The molecule has 0 spiro atoms. The fourth-order valence-electron chi connectivity index (χ4n) is 2.87. The molecule has 0 saturated carbocycles. The van der Waals surface area contributed by atoms with Crippen molar-refractivity contribution in [2.24, 2.45) is 0 Å². The molecule has 1 N–H and O–H groups in total. The lowest BCUT2D eigenvalue weighted by atomic mass is 10.1. The number of sulfonamides is 1. The van der Waals surface area contributed by atoms with Crippen LogP contribution in [0, 0.1) is 0 Å². The average molecular weight is 431 g/mol. The van der Waals surface area contributed by atoms with E-state index in [2.05, 4.69) is 5.32 Å². The summed E-state index contributed by atoms with van der Waals surface area (Å²) in [6.45, 7) is 8.18. The number of hydrogen-bond donors (Lipinski definition) is 1. The summed E-state index contributed by atoms with van der Waals surface area (Å²) in [5, 5.41) is 2.66. The Hall–Kier alpha value is -2.04. The highest BCUT2D eigenvalue weighted by molar-refractivity contribution is 7.89. The maximum absolute atomic E-state index is 12.6. The SMILES string of the molecule is CCOc1cc(C(=O)NCCS(=O)(=O)N2CCOCC2)cc(OCC)c1OCC. The van der Waals surface area contributed by atoms with Gasteiger partial charge in [0.15, 0.2) is 11.5 Å². The minimum atomic E-state index is -3.44. The lowest BCUT2D eigenvalue weighted by molar-refractivity contribution is 0.0730. The van der Waals surface area contributed by atoms with Gasteiger partial charge < -0.3 is 24.3 Å². The van der Waals surface area contributed by atoms with Gasteiger partial charge in [0.25, 0.3) is 5.91 Å². The van der Waals surface area contributed by atoms with Crippen molar-refractivity contribution < 1.29 is 32.2 Å². The van der Waals surface area contributed by atoms with Gasteiger partial charge in [0.1, 0.15) is 0 Å². The monoisotopic (exact) mass is 430 g/mol. The third kappa shape index (κ3) is 6.48. The quantitative estimate of drug-likeness (QED) is 0.564. The summed E-state index contributed by atoms with van der Waals surface area (Å²) in [7, 11) is -3.44. The van der Waals surface area contributed by atoms with Gasteiger partial charge in [0, 0.05) is 25.2 Å². The van der Waals surface area contributed by atoms with Crippen molar-refractivity contribution in [2.75, 3.05) is 58.4 Å². The number of benzene rings is 1. The first-order chi connectivity index (χ1) is 13.9.